The highest BCUT2D eigenvalue weighted by atomic mass is 19.1. The van der Waals surface area contributed by atoms with Gasteiger partial charge in [-0.15, -0.1) is 0 Å². The van der Waals surface area contributed by atoms with E-state index >= 15 is 0 Å². The van der Waals surface area contributed by atoms with Gasteiger partial charge in [-0.05, 0) is 13.3 Å². The fourth-order valence-electron chi connectivity index (χ4n) is 1.18. The zero-order chi connectivity index (χ0) is 14.3. The van der Waals surface area contributed by atoms with Gasteiger partial charge in [-0.1, -0.05) is 18.2 Å². The smallest absolute Gasteiger partial charge is 0.335 e. The summed E-state index contributed by atoms with van der Waals surface area (Å²) in [5.74, 6) is -3.47. The highest BCUT2D eigenvalue weighted by molar-refractivity contribution is 5.90. The summed E-state index contributed by atoms with van der Waals surface area (Å²) in [4.78, 5) is 30.3. The van der Waals surface area contributed by atoms with Gasteiger partial charge in [-0.2, -0.15) is 0 Å². The summed E-state index contributed by atoms with van der Waals surface area (Å²) in [6, 6.07) is 0. The molecule has 0 aromatic carbocycles. The van der Waals surface area contributed by atoms with Crippen LogP contribution in [0.15, 0.2) is 23.8 Å². The average molecular weight is 260 g/mol. The number of allylic oxidation sites excluding steroid dienone is 2. The number of alkyl halides is 1. The topological polar surface area (TPSA) is 112 Å². The number of rotatable bonds is 3. The van der Waals surface area contributed by atoms with Crippen molar-refractivity contribution in [3.63, 3.8) is 0 Å². The molecular weight excluding hydrogens is 247 g/mol. The highest BCUT2D eigenvalue weighted by Crippen LogP contribution is 2.31. The summed E-state index contributed by atoms with van der Waals surface area (Å²) in [6.07, 6.45) is 4.43. The van der Waals surface area contributed by atoms with E-state index in [1.165, 1.54) is 25.2 Å². The predicted octanol–water partition coefficient (Wildman–Crippen LogP) is 1.09. The first kappa shape index (κ1) is 15.8. The Hall–Kier alpha value is -2.18. The molecule has 1 aliphatic rings. The third-order valence-electron chi connectivity index (χ3n) is 2.20. The van der Waals surface area contributed by atoms with Crippen LogP contribution in [0.25, 0.3) is 0 Å². The van der Waals surface area contributed by atoms with Crippen LogP contribution >= 0.6 is 0 Å². The van der Waals surface area contributed by atoms with Crippen molar-refractivity contribution < 1.29 is 34.1 Å². The molecule has 0 spiro atoms. The van der Waals surface area contributed by atoms with Crippen molar-refractivity contribution >= 4 is 17.9 Å². The minimum absolute atomic E-state index is 0.0359. The average Bonchev–Trinajstić information content (AvgIpc) is 2.29. The molecule has 1 unspecified atom stereocenters. The van der Waals surface area contributed by atoms with Gasteiger partial charge in [0.15, 0.2) is 6.67 Å². The molecule has 0 bridgehead atoms. The van der Waals surface area contributed by atoms with Crippen LogP contribution in [0.3, 0.4) is 0 Å². The van der Waals surface area contributed by atoms with Crippen molar-refractivity contribution in [3.05, 3.63) is 23.8 Å². The number of carboxylic acid groups (broad SMARTS) is 3. The predicted molar refractivity (Wildman–Crippen MR) is 58.8 cm³/mol. The lowest BCUT2D eigenvalue weighted by molar-refractivity contribution is -0.145. The lowest BCUT2D eigenvalue weighted by Crippen LogP contribution is -2.28. The van der Waals surface area contributed by atoms with Gasteiger partial charge in [0.2, 0.25) is 0 Å². The van der Waals surface area contributed by atoms with Gasteiger partial charge < -0.3 is 15.3 Å². The van der Waals surface area contributed by atoms with Gasteiger partial charge in [0.05, 0.1) is 5.41 Å². The fraction of sp³-hybridized carbons (Fsp3) is 0.364. The molecule has 0 saturated carbocycles. The first-order chi connectivity index (χ1) is 8.23. The summed E-state index contributed by atoms with van der Waals surface area (Å²) in [6.45, 7) is 0.224. The van der Waals surface area contributed by atoms with E-state index in [1.807, 2.05) is 0 Å². The molecule has 0 radical (unpaired) electrons. The zero-order valence-corrected chi connectivity index (χ0v) is 9.59. The van der Waals surface area contributed by atoms with E-state index in [4.69, 9.17) is 20.1 Å². The number of aliphatic carboxylic acids is 3. The van der Waals surface area contributed by atoms with E-state index in [0.29, 0.717) is 0 Å². The van der Waals surface area contributed by atoms with Crippen LogP contribution in [0, 0.1) is 5.41 Å². The quantitative estimate of drug-likeness (QED) is 0.700. The van der Waals surface area contributed by atoms with Crippen LogP contribution in [0.4, 0.5) is 4.39 Å². The molecule has 0 fully saturated rings. The first-order valence-corrected chi connectivity index (χ1v) is 4.86. The van der Waals surface area contributed by atoms with E-state index in [1.54, 1.807) is 0 Å². The van der Waals surface area contributed by atoms with Crippen molar-refractivity contribution in [1.29, 1.82) is 0 Å². The van der Waals surface area contributed by atoms with Gasteiger partial charge >= 0.3 is 17.9 Å². The van der Waals surface area contributed by atoms with Crippen LogP contribution in [0.1, 0.15) is 13.3 Å². The molecule has 7 heteroatoms. The summed E-state index contributed by atoms with van der Waals surface area (Å²) in [5.41, 5.74) is -0.949. The number of hydrogen-bond acceptors (Lipinski definition) is 3. The Kier molecular flexibility index (Phi) is 5.74. The van der Waals surface area contributed by atoms with Crippen molar-refractivity contribution in [3.8, 4) is 0 Å². The molecule has 18 heavy (non-hydrogen) atoms. The maximum absolute atomic E-state index is 10.8. The lowest BCUT2D eigenvalue weighted by Gasteiger charge is -2.23. The van der Waals surface area contributed by atoms with Crippen LogP contribution in [0.5, 0.6) is 0 Å². The Bertz CT molecular complexity index is 412. The molecule has 3 N–H and O–H groups in total. The Morgan fingerprint density at radius 2 is 1.83 bits per heavy atom. The Labute approximate surface area is 102 Å². The van der Waals surface area contributed by atoms with Crippen LogP contribution in [0.2, 0.25) is 0 Å². The van der Waals surface area contributed by atoms with E-state index in [-0.39, 0.29) is 12.0 Å². The fourth-order valence-corrected chi connectivity index (χ4v) is 1.18. The second kappa shape index (κ2) is 6.53. The Morgan fingerprint density at radius 3 is 2.17 bits per heavy atom. The SMILES string of the molecule is CC1(C(=O)O)C=CC=C(C(=O)O)C1.O=C(O)CF. The molecule has 0 heterocycles. The van der Waals surface area contributed by atoms with Gasteiger partial charge in [0, 0.05) is 5.57 Å². The van der Waals surface area contributed by atoms with Crippen molar-refractivity contribution in [2.24, 2.45) is 5.41 Å². The van der Waals surface area contributed by atoms with E-state index in [9.17, 15) is 14.0 Å². The van der Waals surface area contributed by atoms with Gasteiger partial charge in [-0.25, -0.2) is 14.0 Å². The number of halogens is 1. The van der Waals surface area contributed by atoms with Crippen molar-refractivity contribution in [1.82, 2.24) is 0 Å². The second-order valence-corrected chi connectivity index (χ2v) is 3.78. The van der Waals surface area contributed by atoms with Crippen LogP contribution in [-0.4, -0.2) is 39.9 Å². The van der Waals surface area contributed by atoms with E-state index in [2.05, 4.69) is 0 Å². The minimum atomic E-state index is -1.41. The molecule has 0 aromatic rings. The lowest BCUT2D eigenvalue weighted by atomic mass is 9.80. The standard InChI is InChI=1S/C9H10O4.C2H3FO2/c1-9(8(12)13)4-2-3-6(5-9)7(10)11;3-1-2(4)5/h2-4H,5H2,1H3,(H,10,11)(H,12,13);1H2,(H,4,5). The molecule has 1 aliphatic carbocycles. The molecule has 1 atom stereocenters. The van der Waals surface area contributed by atoms with Crippen LogP contribution in [-0.2, 0) is 14.4 Å². The molecule has 0 aliphatic heterocycles. The number of carbonyl (C=O) groups is 3. The number of carboxylic acids is 3. The largest absolute Gasteiger partial charge is 0.481 e. The molecule has 0 saturated heterocycles. The minimum Gasteiger partial charge on any atom is -0.481 e. The molecule has 100 valence electrons. The molecular formula is C11H13FO6. The summed E-state index contributed by atoms with van der Waals surface area (Å²) < 4.78 is 10.5. The molecule has 0 amide bonds. The third-order valence-corrected chi connectivity index (χ3v) is 2.20. The van der Waals surface area contributed by atoms with Gasteiger partial charge in [0.1, 0.15) is 0 Å². The Morgan fingerprint density at radius 1 is 1.33 bits per heavy atom. The zero-order valence-electron chi connectivity index (χ0n) is 9.59. The van der Waals surface area contributed by atoms with Gasteiger partial charge in [0.25, 0.3) is 0 Å². The summed E-state index contributed by atoms with van der Waals surface area (Å²) in [5, 5.41) is 24.8. The second-order valence-electron chi connectivity index (χ2n) is 3.78. The molecule has 6 nitrogen and oxygen atoms in total. The van der Waals surface area contributed by atoms with Crippen LogP contribution < -0.4 is 0 Å². The normalized spacial score (nSPS) is 21.3. The van der Waals surface area contributed by atoms with Crippen molar-refractivity contribution in [2.45, 2.75) is 13.3 Å². The summed E-state index contributed by atoms with van der Waals surface area (Å²) in [7, 11) is 0. The maximum Gasteiger partial charge on any atom is 0.335 e. The van der Waals surface area contributed by atoms with Gasteiger partial charge in [-0.3, -0.25) is 4.79 Å². The Balaban J connectivity index is 0.000000494. The monoisotopic (exact) mass is 260 g/mol. The molecule has 1 rings (SSSR count). The third kappa shape index (κ3) is 4.77. The van der Waals surface area contributed by atoms with Crippen molar-refractivity contribution in [2.75, 3.05) is 6.67 Å². The maximum atomic E-state index is 10.8. The first-order valence-electron chi connectivity index (χ1n) is 4.86. The molecule has 0 aromatic heterocycles. The van der Waals surface area contributed by atoms with E-state index < -0.39 is 30.0 Å². The number of hydrogen-bond donors (Lipinski definition) is 3. The highest BCUT2D eigenvalue weighted by Gasteiger charge is 2.34. The van der Waals surface area contributed by atoms with E-state index in [0.717, 1.165) is 0 Å². The summed E-state index contributed by atoms with van der Waals surface area (Å²) >= 11 is 0.